The van der Waals surface area contributed by atoms with Crippen molar-refractivity contribution in [3.05, 3.63) is 23.8 Å². The number of alkyl halides is 5. The summed E-state index contributed by atoms with van der Waals surface area (Å²) in [5.41, 5.74) is -0.588. The molecular formula is C10H9F5O2. The van der Waals surface area contributed by atoms with Crippen molar-refractivity contribution >= 4 is 0 Å². The zero-order valence-electron chi connectivity index (χ0n) is 8.72. The number of halogens is 5. The SMILES string of the molecule is CCOc1cc(OC(F)(F)F)cc(C(F)F)c1. The van der Waals surface area contributed by atoms with Gasteiger partial charge < -0.3 is 9.47 Å². The highest BCUT2D eigenvalue weighted by Gasteiger charge is 2.31. The van der Waals surface area contributed by atoms with E-state index in [-0.39, 0.29) is 12.4 Å². The molecule has 0 N–H and O–H groups in total. The van der Waals surface area contributed by atoms with Gasteiger partial charge in [0.1, 0.15) is 11.5 Å². The minimum atomic E-state index is -4.93. The maximum absolute atomic E-state index is 12.4. The van der Waals surface area contributed by atoms with Crippen LogP contribution in [-0.4, -0.2) is 13.0 Å². The van der Waals surface area contributed by atoms with E-state index in [1.165, 1.54) is 0 Å². The van der Waals surface area contributed by atoms with Crippen LogP contribution in [0.2, 0.25) is 0 Å². The average molecular weight is 256 g/mol. The third kappa shape index (κ3) is 4.46. The van der Waals surface area contributed by atoms with E-state index in [0.29, 0.717) is 6.07 Å². The van der Waals surface area contributed by atoms with Crippen LogP contribution in [-0.2, 0) is 0 Å². The zero-order valence-corrected chi connectivity index (χ0v) is 8.72. The van der Waals surface area contributed by atoms with E-state index in [1.54, 1.807) is 6.92 Å². The molecule has 0 fully saturated rings. The summed E-state index contributed by atoms with van der Waals surface area (Å²) in [5, 5.41) is 0. The van der Waals surface area contributed by atoms with E-state index in [9.17, 15) is 22.0 Å². The molecule has 0 spiro atoms. The molecule has 0 radical (unpaired) electrons. The molecule has 0 bridgehead atoms. The molecule has 0 atom stereocenters. The molecule has 0 amide bonds. The van der Waals surface area contributed by atoms with Gasteiger partial charge in [-0.1, -0.05) is 0 Å². The van der Waals surface area contributed by atoms with Crippen LogP contribution in [0, 0.1) is 0 Å². The Morgan fingerprint density at radius 1 is 1.12 bits per heavy atom. The predicted molar refractivity (Wildman–Crippen MR) is 49.3 cm³/mol. The lowest BCUT2D eigenvalue weighted by Crippen LogP contribution is -2.17. The van der Waals surface area contributed by atoms with Crippen molar-refractivity contribution in [3.63, 3.8) is 0 Å². The van der Waals surface area contributed by atoms with E-state index in [0.717, 1.165) is 12.1 Å². The van der Waals surface area contributed by atoms with Gasteiger partial charge in [-0.2, -0.15) is 0 Å². The van der Waals surface area contributed by atoms with Gasteiger partial charge in [0.25, 0.3) is 6.43 Å². The summed E-state index contributed by atoms with van der Waals surface area (Å²) >= 11 is 0. The molecule has 1 aromatic rings. The second-order valence-corrected chi connectivity index (χ2v) is 3.02. The quantitative estimate of drug-likeness (QED) is 0.760. The maximum atomic E-state index is 12.4. The summed E-state index contributed by atoms with van der Waals surface area (Å²) in [4.78, 5) is 0. The van der Waals surface area contributed by atoms with Crippen LogP contribution in [0.1, 0.15) is 18.9 Å². The largest absolute Gasteiger partial charge is 0.573 e. The zero-order chi connectivity index (χ0) is 13.1. The molecule has 1 rings (SSSR count). The Morgan fingerprint density at radius 3 is 2.18 bits per heavy atom. The first-order chi connectivity index (χ1) is 7.81. The number of benzene rings is 1. The topological polar surface area (TPSA) is 18.5 Å². The lowest BCUT2D eigenvalue weighted by Gasteiger charge is -2.12. The number of hydrogen-bond acceptors (Lipinski definition) is 2. The van der Waals surface area contributed by atoms with Crippen LogP contribution in [0.5, 0.6) is 11.5 Å². The van der Waals surface area contributed by atoms with Gasteiger partial charge in [-0.3, -0.25) is 0 Å². The fraction of sp³-hybridized carbons (Fsp3) is 0.400. The molecule has 0 aliphatic carbocycles. The Hall–Kier alpha value is -1.53. The normalized spacial score (nSPS) is 11.7. The molecule has 0 aliphatic rings. The Labute approximate surface area is 93.9 Å². The van der Waals surface area contributed by atoms with Gasteiger partial charge >= 0.3 is 6.36 Å². The van der Waals surface area contributed by atoms with E-state index < -0.39 is 24.1 Å². The highest BCUT2D eigenvalue weighted by molar-refractivity contribution is 5.39. The second kappa shape index (κ2) is 5.20. The van der Waals surface area contributed by atoms with Crippen molar-refractivity contribution in [1.82, 2.24) is 0 Å². The highest BCUT2D eigenvalue weighted by atomic mass is 19.4. The van der Waals surface area contributed by atoms with E-state index in [4.69, 9.17) is 4.74 Å². The van der Waals surface area contributed by atoms with Crippen molar-refractivity contribution < 1.29 is 31.4 Å². The van der Waals surface area contributed by atoms with Crippen molar-refractivity contribution in [3.8, 4) is 11.5 Å². The second-order valence-electron chi connectivity index (χ2n) is 3.02. The predicted octanol–water partition coefficient (Wildman–Crippen LogP) is 3.92. The Bertz CT molecular complexity index is 375. The first-order valence-corrected chi connectivity index (χ1v) is 4.63. The van der Waals surface area contributed by atoms with E-state index in [2.05, 4.69) is 4.74 Å². The van der Waals surface area contributed by atoms with Gasteiger partial charge in [-0.15, -0.1) is 13.2 Å². The lowest BCUT2D eigenvalue weighted by atomic mass is 10.2. The first kappa shape index (κ1) is 13.5. The van der Waals surface area contributed by atoms with Gasteiger partial charge in [0.2, 0.25) is 0 Å². The van der Waals surface area contributed by atoms with Crippen LogP contribution in [0.3, 0.4) is 0 Å². The van der Waals surface area contributed by atoms with Gasteiger partial charge in [0.15, 0.2) is 0 Å². The molecule has 0 saturated carbocycles. The summed E-state index contributed by atoms with van der Waals surface area (Å²) in [6.45, 7) is 1.73. The minimum Gasteiger partial charge on any atom is -0.494 e. The van der Waals surface area contributed by atoms with Crippen molar-refractivity contribution in [2.45, 2.75) is 19.7 Å². The molecule has 1 aromatic carbocycles. The third-order valence-corrected chi connectivity index (χ3v) is 1.70. The van der Waals surface area contributed by atoms with Crippen molar-refractivity contribution in [2.24, 2.45) is 0 Å². The lowest BCUT2D eigenvalue weighted by molar-refractivity contribution is -0.274. The van der Waals surface area contributed by atoms with Crippen LogP contribution in [0.25, 0.3) is 0 Å². The number of rotatable bonds is 4. The summed E-state index contributed by atoms with van der Waals surface area (Å²) in [5.74, 6) is -0.816. The third-order valence-electron chi connectivity index (χ3n) is 1.70. The van der Waals surface area contributed by atoms with Crippen molar-refractivity contribution in [2.75, 3.05) is 6.61 Å². The van der Waals surface area contributed by atoms with Gasteiger partial charge in [-0.05, 0) is 19.1 Å². The average Bonchev–Trinajstić information content (AvgIpc) is 2.14. The van der Waals surface area contributed by atoms with E-state index >= 15 is 0 Å². The first-order valence-electron chi connectivity index (χ1n) is 4.63. The Balaban J connectivity index is 3.03. The van der Waals surface area contributed by atoms with Crippen LogP contribution in [0.4, 0.5) is 22.0 Å². The smallest absolute Gasteiger partial charge is 0.494 e. The molecule has 17 heavy (non-hydrogen) atoms. The van der Waals surface area contributed by atoms with Gasteiger partial charge in [0, 0.05) is 11.6 Å². The monoisotopic (exact) mass is 256 g/mol. The number of hydrogen-bond donors (Lipinski definition) is 0. The standard InChI is InChI=1S/C10H9F5O2/c1-2-16-7-3-6(9(11)12)4-8(5-7)17-10(13,14)15/h3-5,9H,2H2,1H3. The van der Waals surface area contributed by atoms with Crippen LogP contribution < -0.4 is 9.47 Å². The molecule has 0 aromatic heterocycles. The summed E-state index contributed by atoms with van der Waals surface area (Å²) in [6.07, 6.45) is -7.82. The minimum absolute atomic E-state index is 0.0930. The van der Waals surface area contributed by atoms with E-state index in [1.807, 2.05) is 0 Å². The summed E-state index contributed by atoms with van der Waals surface area (Å²) in [7, 11) is 0. The maximum Gasteiger partial charge on any atom is 0.573 e. The highest BCUT2D eigenvalue weighted by Crippen LogP contribution is 2.32. The molecule has 2 nitrogen and oxygen atoms in total. The molecule has 0 heterocycles. The number of ether oxygens (including phenoxy) is 2. The van der Waals surface area contributed by atoms with Gasteiger partial charge in [0.05, 0.1) is 6.61 Å². The fourth-order valence-corrected chi connectivity index (χ4v) is 1.16. The summed E-state index contributed by atoms with van der Waals surface area (Å²) < 4.78 is 69.1. The molecule has 0 unspecified atom stereocenters. The Morgan fingerprint density at radius 2 is 1.71 bits per heavy atom. The van der Waals surface area contributed by atoms with Gasteiger partial charge in [-0.25, -0.2) is 8.78 Å². The van der Waals surface area contributed by atoms with Crippen LogP contribution in [0.15, 0.2) is 18.2 Å². The van der Waals surface area contributed by atoms with Crippen LogP contribution >= 0.6 is 0 Å². The molecule has 0 aliphatic heterocycles. The molecule has 96 valence electrons. The Kier molecular flexibility index (Phi) is 4.14. The molecule has 7 heteroatoms. The fourth-order valence-electron chi connectivity index (χ4n) is 1.16. The molecule has 0 saturated heterocycles. The van der Waals surface area contributed by atoms with Crippen molar-refractivity contribution in [1.29, 1.82) is 0 Å². The molecular weight excluding hydrogens is 247 g/mol. The summed E-state index contributed by atoms with van der Waals surface area (Å²) in [6, 6.07) is 2.50.